The third kappa shape index (κ3) is 3.35. The van der Waals surface area contributed by atoms with Crippen molar-refractivity contribution in [3.8, 4) is 5.75 Å². The smallest absolute Gasteiger partial charge is 0.255 e. The van der Waals surface area contributed by atoms with Crippen LogP contribution in [0.4, 0.5) is 11.4 Å². The number of hydrogen-bond acceptors (Lipinski definition) is 4. The zero-order valence-electron chi connectivity index (χ0n) is 13.4. The molecule has 0 bridgehead atoms. The number of ether oxygens (including phenoxy) is 1. The van der Waals surface area contributed by atoms with Crippen molar-refractivity contribution in [3.05, 3.63) is 53.6 Å². The molecule has 0 unspecified atom stereocenters. The maximum absolute atomic E-state index is 12.3. The average Bonchev–Trinajstić information content (AvgIpc) is 2.53. The van der Waals surface area contributed by atoms with Gasteiger partial charge in [0.2, 0.25) is 10.0 Å². The van der Waals surface area contributed by atoms with Crippen molar-refractivity contribution in [1.82, 2.24) is 0 Å². The fourth-order valence-corrected chi connectivity index (χ4v) is 3.52. The van der Waals surface area contributed by atoms with Crippen molar-refractivity contribution in [2.24, 2.45) is 0 Å². The molecule has 126 valence electrons. The lowest BCUT2D eigenvalue weighted by Gasteiger charge is -2.29. The standard InChI is InChI=1S/C17H18N2O4S/c1-12-4-3-5-13(10-12)17(20)18-14-6-7-15-16(11-14)23-9-8-19(15)24(2,21)22/h3-7,10-11H,8-9H2,1-2H3,(H,18,20). The van der Waals surface area contributed by atoms with E-state index in [1.807, 2.05) is 19.1 Å². The SMILES string of the molecule is Cc1cccc(C(=O)Nc2ccc3c(c2)OCCN3S(C)(=O)=O)c1. The minimum atomic E-state index is -3.36. The van der Waals surface area contributed by atoms with Gasteiger partial charge < -0.3 is 10.1 Å². The summed E-state index contributed by atoms with van der Waals surface area (Å²) in [5.41, 5.74) is 2.60. The summed E-state index contributed by atoms with van der Waals surface area (Å²) >= 11 is 0. The highest BCUT2D eigenvalue weighted by molar-refractivity contribution is 7.92. The second-order valence-electron chi connectivity index (χ2n) is 5.69. The number of rotatable bonds is 3. The molecule has 0 atom stereocenters. The summed E-state index contributed by atoms with van der Waals surface area (Å²) in [5.74, 6) is 0.211. The van der Waals surface area contributed by atoms with Crippen LogP contribution in [0.5, 0.6) is 5.75 Å². The summed E-state index contributed by atoms with van der Waals surface area (Å²) in [5, 5.41) is 2.80. The van der Waals surface area contributed by atoms with Gasteiger partial charge in [0, 0.05) is 17.3 Å². The van der Waals surface area contributed by atoms with E-state index in [1.54, 1.807) is 30.3 Å². The molecule has 0 fully saturated rings. The number of nitrogens with zero attached hydrogens (tertiary/aromatic N) is 1. The topological polar surface area (TPSA) is 75.7 Å². The second-order valence-corrected chi connectivity index (χ2v) is 7.60. The molecule has 0 aromatic heterocycles. The van der Waals surface area contributed by atoms with E-state index >= 15 is 0 Å². The van der Waals surface area contributed by atoms with Crippen LogP contribution < -0.4 is 14.4 Å². The minimum absolute atomic E-state index is 0.227. The van der Waals surface area contributed by atoms with Gasteiger partial charge in [-0.15, -0.1) is 0 Å². The van der Waals surface area contributed by atoms with Crippen molar-refractivity contribution < 1.29 is 17.9 Å². The molecule has 1 N–H and O–H groups in total. The Balaban J connectivity index is 1.85. The van der Waals surface area contributed by atoms with Crippen LogP contribution in [-0.4, -0.2) is 33.7 Å². The third-order valence-corrected chi connectivity index (χ3v) is 4.90. The van der Waals surface area contributed by atoms with Crippen LogP contribution in [0.25, 0.3) is 0 Å². The van der Waals surface area contributed by atoms with Gasteiger partial charge in [0.1, 0.15) is 12.4 Å². The van der Waals surface area contributed by atoms with Crippen LogP contribution in [0.1, 0.15) is 15.9 Å². The van der Waals surface area contributed by atoms with E-state index in [-0.39, 0.29) is 19.1 Å². The van der Waals surface area contributed by atoms with E-state index in [0.717, 1.165) is 11.8 Å². The molecule has 0 aliphatic carbocycles. The summed E-state index contributed by atoms with van der Waals surface area (Å²) in [7, 11) is -3.36. The van der Waals surface area contributed by atoms with Crippen molar-refractivity contribution in [2.75, 3.05) is 29.0 Å². The molecule has 2 aromatic carbocycles. The minimum Gasteiger partial charge on any atom is -0.489 e. The second kappa shape index (κ2) is 6.16. The molecule has 0 saturated heterocycles. The molecule has 1 aliphatic heterocycles. The summed E-state index contributed by atoms with van der Waals surface area (Å²) in [6, 6.07) is 12.2. The van der Waals surface area contributed by atoms with Crippen molar-refractivity contribution in [1.29, 1.82) is 0 Å². The summed E-state index contributed by atoms with van der Waals surface area (Å²) in [6.07, 6.45) is 1.16. The quantitative estimate of drug-likeness (QED) is 0.926. The van der Waals surface area contributed by atoms with Gasteiger partial charge in [0.05, 0.1) is 18.5 Å². The molecule has 1 heterocycles. The van der Waals surface area contributed by atoms with Gasteiger partial charge in [-0.05, 0) is 31.2 Å². The molecule has 0 saturated carbocycles. The Morgan fingerprint density at radius 3 is 2.71 bits per heavy atom. The number of hydrogen-bond donors (Lipinski definition) is 1. The molecule has 1 aliphatic rings. The Labute approximate surface area is 141 Å². The number of nitrogens with one attached hydrogen (secondary N) is 1. The van der Waals surface area contributed by atoms with Crippen LogP contribution in [0.3, 0.4) is 0 Å². The normalized spacial score (nSPS) is 13.8. The fraction of sp³-hybridized carbons (Fsp3) is 0.235. The monoisotopic (exact) mass is 346 g/mol. The van der Waals surface area contributed by atoms with Crippen LogP contribution in [-0.2, 0) is 10.0 Å². The van der Waals surface area contributed by atoms with Crippen LogP contribution >= 0.6 is 0 Å². The maximum Gasteiger partial charge on any atom is 0.255 e. The number of fused-ring (bicyclic) bond motifs is 1. The van der Waals surface area contributed by atoms with Crippen molar-refractivity contribution in [3.63, 3.8) is 0 Å². The summed E-state index contributed by atoms with van der Waals surface area (Å²) in [6.45, 7) is 2.47. The van der Waals surface area contributed by atoms with Gasteiger partial charge in [-0.3, -0.25) is 9.10 Å². The van der Waals surface area contributed by atoms with Gasteiger partial charge in [-0.2, -0.15) is 0 Å². The Morgan fingerprint density at radius 2 is 2.00 bits per heavy atom. The maximum atomic E-state index is 12.3. The van der Waals surface area contributed by atoms with E-state index in [1.165, 1.54) is 4.31 Å². The highest BCUT2D eigenvalue weighted by Gasteiger charge is 2.25. The fourth-order valence-electron chi connectivity index (χ4n) is 2.61. The highest BCUT2D eigenvalue weighted by Crippen LogP contribution is 2.35. The molecular weight excluding hydrogens is 328 g/mol. The van der Waals surface area contributed by atoms with E-state index in [9.17, 15) is 13.2 Å². The van der Waals surface area contributed by atoms with Gasteiger partial charge in [-0.1, -0.05) is 17.7 Å². The average molecular weight is 346 g/mol. The molecular formula is C17H18N2O4S. The largest absolute Gasteiger partial charge is 0.489 e. The zero-order chi connectivity index (χ0) is 17.3. The predicted octanol–water partition coefficient (Wildman–Crippen LogP) is 2.41. The molecule has 3 rings (SSSR count). The summed E-state index contributed by atoms with van der Waals surface area (Å²) < 4.78 is 30.5. The number of carbonyl (C=O) groups is 1. The lowest BCUT2D eigenvalue weighted by atomic mass is 10.1. The van der Waals surface area contributed by atoms with E-state index in [4.69, 9.17) is 4.74 Å². The first-order valence-corrected chi connectivity index (χ1v) is 9.32. The number of amides is 1. The first kappa shape index (κ1) is 16.3. The summed E-state index contributed by atoms with van der Waals surface area (Å²) in [4.78, 5) is 12.3. The van der Waals surface area contributed by atoms with Crippen molar-refractivity contribution in [2.45, 2.75) is 6.92 Å². The first-order valence-electron chi connectivity index (χ1n) is 7.47. The van der Waals surface area contributed by atoms with E-state index in [0.29, 0.717) is 22.7 Å². The van der Waals surface area contributed by atoms with Gasteiger partial charge in [0.15, 0.2) is 0 Å². The number of benzene rings is 2. The Bertz CT molecular complexity index is 893. The Hall–Kier alpha value is -2.54. The molecule has 24 heavy (non-hydrogen) atoms. The van der Waals surface area contributed by atoms with Crippen molar-refractivity contribution >= 4 is 27.3 Å². The van der Waals surface area contributed by atoms with Crippen LogP contribution in [0.15, 0.2) is 42.5 Å². The predicted molar refractivity (Wildman–Crippen MR) is 93.3 cm³/mol. The molecule has 1 amide bonds. The number of anilines is 2. The molecule has 0 spiro atoms. The molecule has 6 nitrogen and oxygen atoms in total. The molecule has 0 radical (unpaired) electrons. The third-order valence-electron chi connectivity index (χ3n) is 3.72. The zero-order valence-corrected chi connectivity index (χ0v) is 14.3. The lowest BCUT2D eigenvalue weighted by molar-refractivity contribution is 0.102. The lowest BCUT2D eigenvalue weighted by Crippen LogP contribution is -2.37. The van der Waals surface area contributed by atoms with Gasteiger partial charge in [-0.25, -0.2) is 8.42 Å². The molecule has 7 heteroatoms. The first-order chi connectivity index (χ1) is 11.3. The van der Waals surface area contributed by atoms with E-state index in [2.05, 4.69) is 5.32 Å². The Morgan fingerprint density at radius 1 is 1.21 bits per heavy atom. The van der Waals surface area contributed by atoms with Gasteiger partial charge in [0.25, 0.3) is 5.91 Å². The number of sulfonamides is 1. The van der Waals surface area contributed by atoms with Gasteiger partial charge >= 0.3 is 0 Å². The van der Waals surface area contributed by atoms with E-state index < -0.39 is 10.0 Å². The van der Waals surface area contributed by atoms with Crippen LogP contribution in [0.2, 0.25) is 0 Å². The van der Waals surface area contributed by atoms with Crippen LogP contribution in [0, 0.1) is 6.92 Å². The Kier molecular flexibility index (Phi) is 4.19. The molecule has 2 aromatic rings. The number of aryl methyl sites for hydroxylation is 1. The highest BCUT2D eigenvalue weighted by atomic mass is 32.2. The number of carbonyl (C=O) groups excluding carboxylic acids is 1.